The van der Waals surface area contributed by atoms with E-state index in [0.29, 0.717) is 29.4 Å². The summed E-state index contributed by atoms with van der Waals surface area (Å²) >= 11 is 5.99. The molecule has 1 aliphatic carbocycles. The maximum atomic E-state index is 14.8. The largest absolute Gasteiger partial charge is 0.493 e. The molecule has 1 saturated carbocycles. The molecule has 1 aliphatic heterocycles. The minimum Gasteiger partial charge on any atom is -0.493 e. The lowest BCUT2D eigenvalue weighted by Crippen LogP contribution is -2.47. The van der Waals surface area contributed by atoms with Crippen LogP contribution in [0.4, 0.5) is 8.78 Å². The van der Waals surface area contributed by atoms with Crippen LogP contribution in [-0.4, -0.2) is 6.61 Å². The molecule has 1 fully saturated rings. The van der Waals surface area contributed by atoms with Gasteiger partial charge in [-0.15, -0.1) is 0 Å². The quantitative estimate of drug-likeness (QED) is 0.678. The highest BCUT2D eigenvalue weighted by Gasteiger charge is 2.48. The van der Waals surface area contributed by atoms with Gasteiger partial charge in [-0.25, -0.2) is 8.78 Å². The van der Waals surface area contributed by atoms with E-state index in [4.69, 9.17) is 16.3 Å². The van der Waals surface area contributed by atoms with Crippen molar-refractivity contribution in [3.8, 4) is 5.75 Å². The fraction of sp³-hybridized carbons (Fsp3) is 0.400. The molecule has 2 aromatic carbocycles. The molecule has 126 valence electrons. The second-order valence-electron chi connectivity index (χ2n) is 6.95. The SMILES string of the molecule is Fc1ccc2c(c1F)[C@@]1(Cc3ccc(Cl)cc3)CCCC[C@H]1CO2. The molecule has 0 N–H and O–H groups in total. The van der Waals surface area contributed by atoms with Gasteiger partial charge in [-0.3, -0.25) is 0 Å². The summed E-state index contributed by atoms with van der Waals surface area (Å²) in [5, 5.41) is 0.682. The summed E-state index contributed by atoms with van der Waals surface area (Å²) in [4.78, 5) is 0. The van der Waals surface area contributed by atoms with Gasteiger partial charge in [0, 0.05) is 21.9 Å². The van der Waals surface area contributed by atoms with Crippen LogP contribution < -0.4 is 4.74 Å². The zero-order valence-electron chi connectivity index (χ0n) is 13.3. The van der Waals surface area contributed by atoms with Gasteiger partial charge in [-0.05, 0) is 49.1 Å². The van der Waals surface area contributed by atoms with Gasteiger partial charge in [0.2, 0.25) is 0 Å². The van der Waals surface area contributed by atoms with Crippen molar-refractivity contribution in [1.29, 1.82) is 0 Å². The lowest BCUT2D eigenvalue weighted by atomic mass is 9.59. The van der Waals surface area contributed by atoms with Crippen LogP contribution >= 0.6 is 11.6 Å². The molecular weight excluding hydrogens is 330 g/mol. The van der Waals surface area contributed by atoms with Crippen LogP contribution in [-0.2, 0) is 11.8 Å². The van der Waals surface area contributed by atoms with E-state index in [0.717, 1.165) is 37.3 Å². The monoisotopic (exact) mass is 348 g/mol. The molecule has 1 nitrogen and oxygen atoms in total. The van der Waals surface area contributed by atoms with Crippen molar-refractivity contribution < 1.29 is 13.5 Å². The van der Waals surface area contributed by atoms with Crippen molar-refractivity contribution in [3.63, 3.8) is 0 Å². The minimum atomic E-state index is -0.793. The predicted molar refractivity (Wildman–Crippen MR) is 90.6 cm³/mol. The number of halogens is 3. The van der Waals surface area contributed by atoms with Gasteiger partial charge >= 0.3 is 0 Å². The van der Waals surface area contributed by atoms with Crippen molar-refractivity contribution >= 4 is 11.6 Å². The van der Waals surface area contributed by atoms with Crippen molar-refractivity contribution in [2.45, 2.75) is 37.5 Å². The Morgan fingerprint density at radius 2 is 1.88 bits per heavy atom. The highest BCUT2D eigenvalue weighted by Crippen LogP contribution is 2.53. The first-order chi connectivity index (χ1) is 11.6. The molecule has 0 aromatic heterocycles. The number of benzene rings is 2. The highest BCUT2D eigenvalue weighted by molar-refractivity contribution is 6.30. The standard InChI is InChI=1S/C20H19ClF2O/c21-15-6-4-13(5-7-15)11-20-10-2-1-3-14(20)12-24-17-9-8-16(22)19(23)18(17)20/h4-9,14H,1-3,10-12H2/t14-,20+/m0/s1. The summed E-state index contributed by atoms with van der Waals surface area (Å²) in [5.41, 5.74) is 1.14. The summed E-state index contributed by atoms with van der Waals surface area (Å²) in [6.07, 6.45) is 4.67. The smallest absolute Gasteiger partial charge is 0.166 e. The van der Waals surface area contributed by atoms with Crippen LogP contribution in [0, 0.1) is 17.6 Å². The fourth-order valence-corrected chi connectivity index (χ4v) is 4.60. The zero-order valence-corrected chi connectivity index (χ0v) is 14.1. The molecule has 24 heavy (non-hydrogen) atoms. The lowest BCUT2D eigenvalue weighted by molar-refractivity contribution is 0.0812. The van der Waals surface area contributed by atoms with Gasteiger partial charge in [0.05, 0.1) is 6.61 Å². The number of ether oxygens (including phenoxy) is 1. The Hall–Kier alpha value is -1.61. The summed E-state index contributed by atoms with van der Waals surface area (Å²) < 4.78 is 34.6. The van der Waals surface area contributed by atoms with Gasteiger partial charge in [0.25, 0.3) is 0 Å². The zero-order chi connectivity index (χ0) is 16.7. The van der Waals surface area contributed by atoms with Gasteiger partial charge < -0.3 is 4.74 Å². The van der Waals surface area contributed by atoms with Crippen LogP contribution in [0.3, 0.4) is 0 Å². The van der Waals surface area contributed by atoms with E-state index in [9.17, 15) is 8.78 Å². The Morgan fingerprint density at radius 1 is 1.08 bits per heavy atom. The average Bonchev–Trinajstić information content (AvgIpc) is 2.59. The number of fused-ring (bicyclic) bond motifs is 3. The van der Waals surface area contributed by atoms with Gasteiger partial charge in [0.15, 0.2) is 11.6 Å². The Kier molecular flexibility index (Phi) is 4.00. The van der Waals surface area contributed by atoms with Crippen LogP contribution in [0.15, 0.2) is 36.4 Å². The van der Waals surface area contributed by atoms with E-state index >= 15 is 0 Å². The third kappa shape index (κ3) is 2.50. The highest BCUT2D eigenvalue weighted by atomic mass is 35.5. The van der Waals surface area contributed by atoms with Crippen LogP contribution in [0.1, 0.15) is 36.8 Å². The van der Waals surface area contributed by atoms with E-state index in [1.165, 1.54) is 0 Å². The van der Waals surface area contributed by atoms with Gasteiger partial charge in [-0.2, -0.15) is 0 Å². The molecule has 1 heterocycles. The first-order valence-corrected chi connectivity index (χ1v) is 8.84. The Labute approximate surface area is 145 Å². The maximum absolute atomic E-state index is 14.8. The Bertz CT molecular complexity index is 759. The third-order valence-corrected chi connectivity index (χ3v) is 5.89. The van der Waals surface area contributed by atoms with Crippen LogP contribution in [0.2, 0.25) is 5.02 Å². The second-order valence-corrected chi connectivity index (χ2v) is 7.38. The van der Waals surface area contributed by atoms with Crippen LogP contribution in [0.5, 0.6) is 5.75 Å². The molecule has 0 spiro atoms. The molecular formula is C20H19ClF2O. The van der Waals surface area contributed by atoms with Gasteiger partial charge in [0.1, 0.15) is 5.75 Å². The molecule has 2 aromatic rings. The van der Waals surface area contributed by atoms with Crippen molar-refractivity contribution in [2.75, 3.05) is 6.61 Å². The molecule has 2 aliphatic rings. The second kappa shape index (κ2) is 6.03. The third-order valence-electron chi connectivity index (χ3n) is 5.63. The van der Waals surface area contributed by atoms with Crippen molar-refractivity contribution in [1.82, 2.24) is 0 Å². The molecule has 0 amide bonds. The average molecular weight is 349 g/mol. The Balaban J connectivity index is 1.85. The van der Waals surface area contributed by atoms with E-state index in [1.807, 2.05) is 24.3 Å². The minimum absolute atomic E-state index is 0.214. The summed E-state index contributed by atoms with van der Waals surface area (Å²) in [6.45, 7) is 0.575. The normalized spacial score (nSPS) is 25.5. The number of rotatable bonds is 2. The van der Waals surface area contributed by atoms with E-state index in [-0.39, 0.29) is 5.92 Å². The van der Waals surface area contributed by atoms with Crippen molar-refractivity contribution in [2.24, 2.45) is 5.92 Å². The summed E-state index contributed by atoms with van der Waals surface area (Å²) in [6, 6.07) is 10.4. The lowest BCUT2D eigenvalue weighted by Gasteiger charge is -2.48. The molecule has 4 heteroatoms. The van der Waals surface area contributed by atoms with Crippen LogP contribution in [0.25, 0.3) is 0 Å². The van der Waals surface area contributed by atoms with E-state index in [2.05, 4.69) is 0 Å². The molecule has 0 radical (unpaired) electrons. The maximum Gasteiger partial charge on any atom is 0.166 e. The molecule has 0 saturated heterocycles. The number of hydrogen-bond acceptors (Lipinski definition) is 1. The van der Waals surface area contributed by atoms with E-state index < -0.39 is 17.0 Å². The molecule has 2 atom stereocenters. The molecule has 0 bridgehead atoms. The topological polar surface area (TPSA) is 9.23 Å². The fourth-order valence-electron chi connectivity index (χ4n) is 4.48. The Morgan fingerprint density at radius 3 is 2.67 bits per heavy atom. The summed E-state index contributed by atoms with van der Waals surface area (Å²) in [7, 11) is 0. The predicted octanol–water partition coefficient (Wildman–Crippen LogP) is 5.68. The molecule has 4 rings (SSSR count). The first-order valence-electron chi connectivity index (χ1n) is 8.46. The van der Waals surface area contributed by atoms with Gasteiger partial charge in [-0.1, -0.05) is 36.6 Å². The van der Waals surface area contributed by atoms with E-state index in [1.54, 1.807) is 6.07 Å². The number of hydrogen-bond donors (Lipinski definition) is 0. The van der Waals surface area contributed by atoms with Crippen molar-refractivity contribution in [3.05, 3.63) is 64.2 Å². The summed E-state index contributed by atoms with van der Waals surface area (Å²) in [5.74, 6) is -0.821. The first kappa shape index (κ1) is 15.9. The molecule has 0 unspecified atom stereocenters.